The van der Waals surface area contributed by atoms with Crippen molar-refractivity contribution in [3.63, 3.8) is 0 Å². The van der Waals surface area contributed by atoms with Crippen molar-refractivity contribution >= 4 is 60.2 Å². The molecule has 0 aromatic heterocycles. The molecule has 0 radical (unpaired) electrons. The first-order chi connectivity index (χ1) is 12.7. The molecule has 1 heterocycles. The molecule has 0 aliphatic carbocycles. The summed E-state index contributed by atoms with van der Waals surface area (Å²) in [5.41, 5.74) is 0. The van der Waals surface area contributed by atoms with Gasteiger partial charge in [0.1, 0.15) is 0 Å². The van der Waals surface area contributed by atoms with E-state index in [9.17, 15) is 0 Å². The molecule has 0 atom stereocenters. The van der Waals surface area contributed by atoms with E-state index in [2.05, 4.69) is 130 Å². The van der Waals surface area contributed by atoms with Gasteiger partial charge in [-0.2, -0.15) is 0 Å². The number of hydrogen-bond donors (Lipinski definition) is 0. The Morgan fingerprint density at radius 2 is 1.00 bits per heavy atom. The molecule has 0 nitrogen and oxygen atoms in total. The van der Waals surface area contributed by atoms with Crippen LogP contribution in [0.25, 0.3) is 0 Å². The van der Waals surface area contributed by atoms with Crippen LogP contribution < -0.4 is 15.9 Å². The second-order valence-electron chi connectivity index (χ2n) is 6.54. The molecule has 0 N–H and O–H groups in total. The average Bonchev–Trinajstić information content (AvgIpc) is 3.23. The van der Waals surface area contributed by atoms with Gasteiger partial charge < -0.3 is 0 Å². The Bertz CT molecular complexity index is 750. The van der Waals surface area contributed by atoms with Gasteiger partial charge >= 0.3 is 173 Å². The molecule has 3 aromatic carbocycles. The normalized spacial score (nSPS) is 16.9. The third kappa shape index (κ3) is 3.18. The third-order valence-corrected chi connectivity index (χ3v) is 18.3. The van der Waals surface area contributed by atoms with Crippen molar-refractivity contribution in [1.29, 1.82) is 0 Å². The SMILES string of the molecule is BrP(CC1SCCS1)(c1ccccc1)(c1ccccc1)c1ccccc1. The summed E-state index contributed by atoms with van der Waals surface area (Å²) in [5.74, 6) is 2.51. The summed E-state index contributed by atoms with van der Waals surface area (Å²) in [6.07, 6.45) is 1.14. The van der Waals surface area contributed by atoms with Crippen molar-refractivity contribution in [2.45, 2.75) is 4.58 Å². The molecule has 0 saturated carbocycles. The number of halogens is 1. The fourth-order valence-corrected chi connectivity index (χ4v) is 17.3. The van der Waals surface area contributed by atoms with Crippen LogP contribution in [0, 0.1) is 0 Å². The second-order valence-corrected chi connectivity index (χ2v) is 18.4. The van der Waals surface area contributed by atoms with Crippen molar-refractivity contribution in [3.8, 4) is 0 Å². The molecular formula is C22H22BrPS2. The van der Waals surface area contributed by atoms with E-state index in [1.807, 2.05) is 0 Å². The Hall–Kier alpha value is -0.730. The third-order valence-electron chi connectivity index (χ3n) is 5.07. The van der Waals surface area contributed by atoms with Crippen LogP contribution in [0.3, 0.4) is 0 Å². The molecule has 1 aliphatic heterocycles. The standard InChI is InChI=1S/C22H22BrPS2/c23-24(18-22-25-16-17-26-22,19-10-4-1-5-11-19,20-12-6-2-7-13-20)21-14-8-3-9-15-21/h1-15,22H,16-18H2. The summed E-state index contributed by atoms with van der Waals surface area (Å²) in [7, 11) is 0. The summed E-state index contributed by atoms with van der Waals surface area (Å²) in [6, 6.07) is 33.3. The Balaban J connectivity index is 2.03. The maximum atomic E-state index is 4.53. The first kappa shape index (κ1) is 18.6. The quantitative estimate of drug-likeness (QED) is 0.452. The molecule has 4 heteroatoms. The minimum atomic E-state index is -2.73. The number of hydrogen-bond acceptors (Lipinski definition) is 2. The van der Waals surface area contributed by atoms with Gasteiger partial charge in [0.25, 0.3) is 0 Å². The summed E-state index contributed by atoms with van der Waals surface area (Å²) in [4.78, 5) is 0. The molecule has 134 valence electrons. The van der Waals surface area contributed by atoms with Crippen LogP contribution in [0.5, 0.6) is 0 Å². The Labute approximate surface area is 172 Å². The Morgan fingerprint density at radius 3 is 1.35 bits per heavy atom. The molecule has 0 spiro atoms. The topological polar surface area (TPSA) is 0 Å². The van der Waals surface area contributed by atoms with Crippen LogP contribution in [0.1, 0.15) is 0 Å². The van der Waals surface area contributed by atoms with Crippen LogP contribution in [-0.4, -0.2) is 22.2 Å². The van der Waals surface area contributed by atoms with E-state index in [0.29, 0.717) is 4.58 Å². The van der Waals surface area contributed by atoms with Gasteiger partial charge in [0, 0.05) is 0 Å². The summed E-state index contributed by atoms with van der Waals surface area (Å²) >= 11 is 8.77. The van der Waals surface area contributed by atoms with E-state index < -0.39 is 5.31 Å². The van der Waals surface area contributed by atoms with Gasteiger partial charge in [0.05, 0.1) is 0 Å². The molecule has 0 unspecified atom stereocenters. The number of benzene rings is 3. The van der Waals surface area contributed by atoms with Crippen molar-refractivity contribution in [1.82, 2.24) is 0 Å². The molecular weight excluding hydrogens is 439 g/mol. The Kier molecular flexibility index (Phi) is 5.53. The van der Waals surface area contributed by atoms with Gasteiger partial charge in [-0.3, -0.25) is 0 Å². The first-order valence-corrected chi connectivity index (χ1v) is 15.4. The molecule has 1 fully saturated rings. The fourth-order valence-electron chi connectivity index (χ4n) is 3.77. The molecule has 0 amide bonds. The Morgan fingerprint density at radius 1 is 0.654 bits per heavy atom. The zero-order chi connectivity index (χ0) is 17.9. The van der Waals surface area contributed by atoms with Crippen molar-refractivity contribution in [3.05, 3.63) is 91.0 Å². The zero-order valence-electron chi connectivity index (χ0n) is 14.5. The minimum absolute atomic E-state index is 0.618. The van der Waals surface area contributed by atoms with Gasteiger partial charge in [0.2, 0.25) is 0 Å². The summed E-state index contributed by atoms with van der Waals surface area (Å²) < 4.78 is 0.618. The van der Waals surface area contributed by atoms with E-state index in [-0.39, 0.29) is 0 Å². The second kappa shape index (κ2) is 7.72. The van der Waals surface area contributed by atoms with E-state index in [4.69, 9.17) is 0 Å². The van der Waals surface area contributed by atoms with Gasteiger partial charge in [-0.15, -0.1) is 0 Å². The molecule has 3 aromatic rings. The van der Waals surface area contributed by atoms with Gasteiger partial charge in [0.15, 0.2) is 0 Å². The van der Waals surface area contributed by atoms with Crippen LogP contribution in [0.2, 0.25) is 0 Å². The van der Waals surface area contributed by atoms with Crippen molar-refractivity contribution < 1.29 is 0 Å². The van der Waals surface area contributed by atoms with Crippen LogP contribution in [-0.2, 0) is 0 Å². The molecule has 4 rings (SSSR count). The summed E-state index contributed by atoms with van der Waals surface area (Å²) in [6.45, 7) is 0. The fraction of sp³-hybridized carbons (Fsp3) is 0.182. The van der Waals surface area contributed by atoms with Crippen molar-refractivity contribution in [2.75, 3.05) is 17.7 Å². The van der Waals surface area contributed by atoms with Gasteiger partial charge in [-0.05, 0) is 0 Å². The first-order valence-electron chi connectivity index (χ1n) is 8.85. The summed E-state index contributed by atoms with van der Waals surface area (Å²) in [5, 5.41) is 1.53. The van der Waals surface area contributed by atoms with Crippen LogP contribution >= 0.6 is 44.3 Å². The number of thioether (sulfide) groups is 2. The van der Waals surface area contributed by atoms with E-state index in [0.717, 1.165) is 6.16 Å². The molecule has 1 aliphatic rings. The van der Waals surface area contributed by atoms with Crippen LogP contribution in [0.4, 0.5) is 0 Å². The average molecular weight is 461 g/mol. The van der Waals surface area contributed by atoms with Crippen LogP contribution in [0.15, 0.2) is 91.0 Å². The van der Waals surface area contributed by atoms with E-state index >= 15 is 0 Å². The van der Waals surface area contributed by atoms with Gasteiger partial charge in [-0.1, -0.05) is 0 Å². The predicted octanol–water partition coefficient (Wildman–Crippen LogP) is 5.63. The number of rotatable bonds is 5. The van der Waals surface area contributed by atoms with Crippen molar-refractivity contribution in [2.24, 2.45) is 0 Å². The molecule has 26 heavy (non-hydrogen) atoms. The molecule has 0 bridgehead atoms. The predicted molar refractivity (Wildman–Crippen MR) is 128 cm³/mol. The monoisotopic (exact) mass is 460 g/mol. The molecule has 1 saturated heterocycles. The van der Waals surface area contributed by atoms with Gasteiger partial charge in [-0.25, -0.2) is 0 Å². The maximum absolute atomic E-state index is 4.53. The zero-order valence-corrected chi connectivity index (χ0v) is 18.6. The van der Waals surface area contributed by atoms with E-state index in [1.54, 1.807) is 0 Å². The van der Waals surface area contributed by atoms with E-state index in [1.165, 1.54) is 27.4 Å².